The Kier molecular flexibility index (Phi) is 4.48. The van der Waals surface area contributed by atoms with Gasteiger partial charge >= 0.3 is 0 Å². The van der Waals surface area contributed by atoms with Crippen LogP contribution in [0.25, 0.3) is 0 Å². The van der Waals surface area contributed by atoms with Gasteiger partial charge in [0.15, 0.2) is 0 Å². The fourth-order valence-corrected chi connectivity index (χ4v) is 4.38. The van der Waals surface area contributed by atoms with Crippen molar-refractivity contribution >= 4 is 0 Å². The third-order valence-corrected chi connectivity index (χ3v) is 5.00. The van der Waals surface area contributed by atoms with Gasteiger partial charge < -0.3 is 10.6 Å². The van der Waals surface area contributed by atoms with Gasteiger partial charge in [-0.15, -0.1) is 0 Å². The van der Waals surface area contributed by atoms with E-state index in [9.17, 15) is 0 Å². The minimum atomic E-state index is 0.389. The average Bonchev–Trinajstić information content (AvgIpc) is 2.68. The monoisotopic (exact) mass is 238 g/mol. The van der Waals surface area contributed by atoms with E-state index in [1.807, 2.05) is 0 Å². The molecule has 2 saturated carbocycles. The van der Waals surface area contributed by atoms with Gasteiger partial charge in [-0.25, -0.2) is 0 Å². The van der Waals surface area contributed by atoms with Gasteiger partial charge in [0, 0.05) is 18.6 Å². The first kappa shape index (κ1) is 13.4. The van der Waals surface area contributed by atoms with Crippen molar-refractivity contribution in [1.82, 2.24) is 4.90 Å². The van der Waals surface area contributed by atoms with Crippen molar-refractivity contribution in [1.29, 1.82) is 0 Å². The van der Waals surface area contributed by atoms with Crippen LogP contribution in [0.15, 0.2) is 0 Å². The molecule has 0 saturated heterocycles. The number of likely N-dealkylation sites (N-methyl/N-ethyl adjacent to an activating group) is 1. The minimum absolute atomic E-state index is 0.389. The van der Waals surface area contributed by atoms with Crippen LogP contribution in [0.3, 0.4) is 0 Å². The van der Waals surface area contributed by atoms with Gasteiger partial charge in [-0.3, -0.25) is 0 Å². The van der Waals surface area contributed by atoms with Gasteiger partial charge in [-0.05, 0) is 50.5 Å². The Morgan fingerprint density at radius 2 is 1.76 bits per heavy atom. The Balaban J connectivity index is 1.90. The molecule has 2 heteroatoms. The zero-order chi connectivity index (χ0) is 12.4. The van der Waals surface area contributed by atoms with Crippen LogP contribution in [0, 0.1) is 17.8 Å². The summed E-state index contributed by atoms with van der Waals surface area (Å²) in [5.41, 5.74) is 6.39. The first-order chi connectivity index (χ1) is 8.08. The summed E-state index contributed by atoms with van der Waals surface area (Å²) in [4.78, 5) is 2.58. The fourth-order valence-electron chi connectivity index (χ4n) is 4.38. The number of nitrogens with two attached hydrogens (primary N) is 1. The topological polar surface area (TPSA) is 29.3 Å². The Morgan fingerprint density at radius 1 is 1.12 bits per heavy atom. The van der Waals surface area contributed by atoms with Gasteiger partial charge in [0.1, 0.15) is 0 Å². The number of rotatable bonds is 3. The van der Waals surface area contributed by atoms with Gasteiger partial charge in [0.25, 0.3) is 0 Å². The van der Waals surface area contributed by atoms with Crippen LogP contribution in [0.4, 0.5) is 0 Å². The van der Waals surface area contributed by atoms with E-state index in [0.717, 1.165) is 17.8 Å². The lowest BCUT2D eigenvalue weighted by molar-refractivity contribution is 0.0843. The van der Waals surface area contributed by atoms with E-state index in [-0.39, 0.29) is 0 Å². The van der Waals surface area contributed by atoms with E-state index in [1.165, 1.54) is 45.1 Å². The quantitative estimate of drug-likeness (QED) is 0.819. The van der Waals surface area contributed by atoms with E-state index in [2.05, 4.69) is 25.8 Å². The van der Waals surface area contributed by atoms with E-state index in [4.69, 9.17) is 5.73 Å². The van der Waals surface area contributed by atoms with Crippen LogP contribution in [0.5, 0.6) is 0 Å². The van der Waals surface area contributed by atoms with Crippen molar-refractivity contribution in [3.05, 3.63) is 0 Å². The zero-order valence-corrected chi connectivity index (χ0v) is 11.9. The molecule has 0 aromatic rings. The molecule has 2 nitrogen and oxygen atoms in total. The SMILES string of the molecule is CC1CC(C)C(N(C)CC2CCCC2)C(N)C1. The zero-order valence-electron chi connectivity index (χ0n) is 11.9. The second-order valence-corrected chi connectivity index (χ2v) is 6.80. The Labute approximate surface area is 107 Å². The third-order valence-electron chi connectivity index (χ3n) is 5.00. The normalized spacial score (nSPS) is 40.1. The molecule has 0 radical (unpaired) electrons. The molecule has 0 spiro atoms. The molecule has 4 atom stereocenters. The highest BCUT2D eigenvalue weighted by molar-refractivity contribution is 4.92. The highest BCUT2D eigenvalue weighted by Gasteiger charge is 2.35. The fraction of sp³-hybridized carbons (Fsp3) is 1.00. The maximum absolute atomic E-state index is 6.39. The van der Waals surface area contributed by atoms with Crippen LogP contribution < -0.4 is 5.73 Å². The highest BCUT2D eigenvalue weighted by atomic mass is 15.2. The molecular formula is C15H30N2. The average molecular weight is 238 g/mol. The van der Waals surface area contributed by atoms with Crippen LogP contribution in [-0.4, -0.2) is 30.6 Å². The van der Waals surface area contributed by atoms with Crippen molar-refractivity contribution < 1.29 is 0 Å². The van der Waals surface area contributed by atoms with E-state index in [0.29, 0.717) is 12.1 Å². The molecule has 17 heavy (non-hydrogen) atoms. The summed E-state index contributed by atoms with van der Waals surface area (Å²) in [5.74, 6) is 2.52. The predicted molar refractivity (Wildman–Crippen MR) is 73.9 cm³/mol. The summed E-state index contributed by atoms with van der Waals surface area (Å²) in [5, 5.41) is 0. The molecule has 100 valence electrons. The summed E-state index contributed by atoms with van der Waals surface area (Å²) >= 11 is 0. The third kappa shape index (κ3) is 3.23. The van der Waals surface area contributed by atoms with Crippen molar-refractivity contribution in [3.63, 3.8) is 0 Å². The first-order valence-corrected chi connectivity index (χ1v) is 7.53. The van der Waals surface area contributed by atoms with Crippen molar-refractivity contribution in [2.45, 2.75) is 64.5 Å². The first-order valence-electron chi connectivity index (χ1n) is 7.53. The van der Waals surface area contributed by atoms with Gasteiger partial charge in [-0.1, -0.05) is 26.7 Å². The van der Waals surface area contributed by atoms with Crippen molar-refractivity contribution in [2.75, 3.05) is 13.6 Å². The second-order valence-electron chi connectivity index (χ2n) is 6.80. The smallest absolute Gasteiger partial charge is 0.0270 e. The molecule has 0 bridgehead atoms. The lowest BCUT2D eigenvalue weighted by Crippen LogP contribution is -2.54. The van der Waals surface area contributed by atoms with Crippen LogP contribution >= 0.6 is 0 Å². The largest absolute Gasteiger partial charge is 0.326 e. The summed E-state index contributed by atoms with van der Waals surface area (Å²) in [6.45, 7) is 6.02. The Bertz CT molecular complexity index is 223. The maximum atomic E-state index is 6.39. The van der Waals surface area contributed by atoms with Crippen molar-refractivity contribution in [2.24, 2.45) is 23.5 Å². The molecule has 0 heterocycles. The summed E-state index contributed by atoms with van der Waals surface area (Å²) < 4.78 is 0. The van der Waals surface area contributed by atoms with E-state index < -0.39 is 0 Å². The van der Waals surface area contributed by atoms with Crippen LogP contribution in [0.1, 0.15) is 52.4 Å². The molecule has 2 rings (SSSR count). The lowest BCUT2D eigenvalue weighted by Gasteiger charge is -2.43. The molecule has 2 aliphatic rings. The number of hydrogen-bond acceptors (Lipinski definition) is 2. The standard InChI is InChI=1S/C15H30N2/c1-11-8-12(2)15(14(16)9-11)17(3)10-13-6-4-5-7-13/h11-15H,4-10,16H2,1-3H3. The van der Waals surface area contributed by atoms with Crippen LogP contribution in [-0.2, 0) is 0 Å². The number of nitrogens with zero attached hydrogens (tertiary/aromatic N) is 1. The molecule has 2 N–H and O–H groups in total. The molecule has 2 fully saturated rings. The van der Waals surface area contributed by atoms with Crippen LogP contribution in [0.2, 0.25) is 0 Å². The predicted octanol–water partition coefficient (Wildman–Crippen LogP) is 2.87. The van der Waals surface area contributed by atoms with E-state index >= 15 is 0 Å². The minimum Gasteiger partial charge on any atom is -0.326 e. The highest BCUT2D eigenvalue weighted by Crippen LogP contribution is 2.33. The van der Waals surface area contributed by atoms with Gasteiger partial charge in [-0.2, -0.15) is 0 Å². The maximum Gasteiger partial charge on any atom is 0.0270 e. The molecule has 0 aromatic heterocycles. The molecular weight excluding hydrogens is 208 g/mol. The summed E-state index contributed by atoms with van der Waals surface area (Å²) in [7, 11) is 2.30. The number of hydrogen-bond donors (Lipinski definition) is 1. The molecule has 0 aromatic carbocycles. The molecule has 0 aliphatic heterocycles. The Hall–Kier alpha value is -0.0800. The molecule has 4 unspecified atom stereocenters. The van der Waals surface area contributed by atoms with Crippen molar-refractivity contribution in [3.8, 4) is 0 Å². The lowest BCUT2D eigenvalue weighted by atomic mass is 9.76. The summed E-state index contributed by atoms with van der Waals surface area (Å²) in [6, 6.07) is 1.01. The second kappa shape index (κ2) is 5.71. The van der Waals surface area contributed by atoms with Gasteiger partial charge in [0.05, 0.1) is 0 Å². The van der Waals surface area contributed by atoms with Gasteiger partial charge in [0.2, 0.25) is 0 Å². The Morgan fingerprint density at radius 3 is 2.35 bits per heavy atom. The summed E-state index contributed by atoms with van der Waals surface area (Å²) in [6.07, 6.45) is 8.34. The van der Waals surface area contributed by atoms with E-state index in [1.54, 1.807) is 0 Å². The molecule has 0 amide bonds. The molecule has 2 aliphatic carbocycles.